The fourth-order valence-electron chi connectivity index (χ4n) is 2.78. The zero-order valence-corrected chi connectivity index (χ0v) is 13.8. The van der Waals surface area contributed by atoms with Crippen molar-refractivity contribution < 1.29 is 24.4 Å². The highest BCUT2D eigenvalue weighted by molar-refractivity contribution is 6.04. The first kappa shape index (κ1) is 20.3. The highest BCUT2D eigenvalue weighted by atomic mass is 35.5. The molecule has 0 aromatic rings. The highest BCUT2D eigenvalue weighted by Gasteiger charge is 2.37. The van der Waals surface area contributed by atoms with Crippen molar-refractivity contribution in [1.29, 1.82) is 0 Å². The Hall–Kier alpha value is -1.75. The molecule has 2 heterocycles. The minimum absolute atomic E-state index is 0. The smallest absolute Gasteiger partial charge is 0.263 e. The molecule has 136 valence electrons. The zero-order chi connectivity index (χ0) is 17.0. The molecular weight excluding hydrogens is 342 g/mol. The molecule has 2 aliphatic rings. The third-order valence-corrected chi connectivity index (χ3v) is 4.09. The molecule has 0 aromatic heterocycles. The third-order valence-electron chi connectivity index (χ3n) is 4.09. The maximum absolute atomic E-state index is 12.2. The lowest BCUT2D eigenvalue weighted by molar-refractivity contribution is -0.154. The Balaban J connectivity index is 0.00000288. The van der Waals surface area contributed by atoms with E-state index in [-0.39, 0.29) is 31.3 Å². The van der Waals surface area contributed by atoms with Crippen LogP contribution in [0.15, 0.2) is 0 Å². The standard InChI is InChI=1S/C13H21N5O5.ClH/c14-11(7-2-1-5-15-7)12(21)16-8-3-4-10(20)18(13(8)22)6-9(19)17-23;/h7-8,11,15,23H,1-6,14H2,(H,16,21)(H,17,19);1H/t7?,8-,11-;/m0./s1. The van der Waals surface area contributed by atoms with E-state index in [2.05, 4.69) is 10.6 Å². The molecule has 1 unspecified atom stereocenters. The van der Waals surface area contributed by atoms with Crippen molar-refractivity contribution >= 4 is 36.0 Å². The number of piperidine rings is 1. The lowest BCUT2D eigenvalue weighted by atomic mass is 10.0. The first-order valence-corrected chi connectivity index (χ1v) is 7.50. The monoisotopic (exact) mass is 363 g/mol. The average molecular weight is 364 g/mol. The fourth-order valence-corrected chi connectivity index (χ4v) is 2.78. The van der Waals surface area contributed by atoms with Gasteiger partial charge in [-0.25, -0.2) is 5.48 Å². The molecule has 24 heavy (non-hydrogen) atoms. The summed E-state index contributed by atoms with van der Waals surface area (Å²) in [6, 6.07) is -1.82. The van der Waals surface area contributed by atoms with E-state index in [4.69, 9.17) is 10.9 Å². The van der Waals surface area contributed by atoms with Crippen molar-refractivity contribution in [2.24, 2.45) is 5.73 Å². The number of nitrogens with zero attached hydrogens (tertiary/aromatic N) is 1. The van der Waals surface area contributed by atoms with Crippen LogP contribution in [0.5, 0.6) is 0 Å². The summed E-state index contributed by atoms with van der Waals surface area (Å²) in [6.45, 7) is 0.212. The number of likely N-dealkylation sites (tertiary alicyclic amines) is 1. The number of halogens is 1. The number of hydrogen-bond acceptors (Lipinski definition) is 7. The summed E-state index contributed by atoms with van der Waals surface area (Å²) in [6.07, 6.45) is 1.90. The van der Waals surface area contributed by atoms with Crippen LogP contribution in [-0.4, -0.2) is 65.0 Å². The maximum atomic E-state index is 12.2. The van der Waals surface area contributed by atoms with Crippen LogP contribution in [-0.2, 0) is 19.2 Å². The van der Waals surface area contributed by atoms with E-state index >= 15 is 0 Å². The third kappa shape index (κ3) is 4.63. The number of nitrogens with one attached hydrogen (secondary N) is 3. The van der Waals surface area contributed by atoms with Gasteiger partial charge in [0.25, 0.3) is 11.8 Å². The van der Waals surface area contributed by atoms with E-state index in [1.807, 2.05) is 0 Å². The van der Waals surface area contributed by atoms with Gasteiger partial charge in [-0.1, -0.05) is 0 Å². The van der Waals surface area contributed by atoms with Crippen molar-refractivity contribution in [3.63, 3.8) is 0 Å². The minimum Gasteiger partial charge on any atom is -0.343 e. The molecule has 11 heteroatoms. The topological polar surface area (TPSA) is 154 Å². The summed E-state index contributed by atoms with van der Waals surface area (Å²) in [5.74, 6) is -2.55. The molecule has 0 aliphatic carbocycles. The van der Waals surface area contributed by atoms with Crippen LogP contribution >= 0.6 is 12.4 Å². The molecule has 2 rings (SSSR count). The average Bonchev–Trinajstić information content (AvgIpc) is 3.07. The SMILES string of the molecule is Cl.N[C@H](C(=O)N[C@H]1CCC(=O)N(CC(=O)NO)C1=O)C1CCCN1. The van der Waals surface area contributed by atoms with E-state index < -0.39 is 42.3 Å². The van der Waals surface area contributed by atoms with E-state index in [1.165, 1.54) is 5.48 Å². The van der Waals surface area contributed by atoms with Gasteiger partial charge >= 0.3 is 0 Å². The van der Waals surface area contributed by atoms with Gasteiger partial charge in [0.15, 0.2) is 0 Å². The molecule has 2 saturated heterocycles. The van der Waals surface area contributed by atoms with Crippen LogP contribution < -0.4 is 21.8 Å². The Morgan fingerprint density at radius 2 is 2.08 bits per heavy atom. The van der Waals surface area contributed by atoms with Gasteiger partial charge in [0.1, 0.15) is 12.6 Å². The number of amides is 4. The Bertz CT molecular complexity index is 511. The second-order valence-corrected chi connectivity index (χ2v) is 5.68. The number of carbonyl (C=O) groups excluding carboxylic acids is 4. The van der Waals surface area contributed by atoms with E-state index in [0.717, 1.165) is 24.3 Å². The van der Waals surface area contributed by atoms with Gasteiger partial charge < -0.3 is 16.4 Å². The normalized spacial score (nSPS) is 25.0. The summed E-state index contributed by atoms with van der Waals surface area (Å²) in [7, 11) is 0. The van der Waals surface area contributed by atoms with Crippen LogP contribution in [0.2, 0.25) is 0 Å². The molecule has 0 radical (unpaired) electrons. The molecule has 2 aliphatic heterocycles. The van der Waals surface area contributed by atoms with Crippen LogP contribution in [0.25, 0.3) is 0 Å². The lowest BCUT2D eigenvalue weighted by Crippen LogP contribution is -2.60. The second-order valence-electron chi connectivity index (χ2n) is 5.68. The van der Waals surface area contributed by atoms with Crippen molar-refractivity contribution in [2.75, 3.05) is 13.1 Å². The summed E-state index contributed by atoms with van der Waals surface area (Å²) in [4.78, 5) is 48.0. The quantitative estimate of drug-likeness (QED) is 0.208. The molecule has 3 atom stereocenters. The number of rotatable bonds is 5. The van der Waals surface area contributed by atoms with Crippen molar-refractivity contribution in [3.05, 3.63) is 0 Å². The van der Waals surface area contributed by atoms with Gasteiger partial charge in [-0.3, -0.25) is 29.3 Å². The van der Waals surface area contributed by atoms with Crippen molar-refractivity contribution in [2.45, 2.75) is 43.8 Å². The van der Waals surface area contributed by atoms with Gasteiger partial charge in [-0.15, -0.1) is 12.4 Å². The predicted octanol–water partition coefficient (Wildman–Crippen LogP) is -2.37. The van der Waals surface area contributed by atoms with Crippen LogP contribution in [0.4, 0.5) is 0 Å². The summed E-state index contributed by atoms with van der Waals surface area (Å²) >= 11 is 0. The molecular formula is C13H22ClN5O5. The Morgan fingerprint density at radius 1 is 1.38 bits per heavy atom. The van der Waals surface area contributed by atoms with E-state index in [1.54, 1.807) is 0 Å². The number of hydrogen-bond donors (Lipinski definition) is 5. The van der Waals surface area contributed by atoms with E-state index in [0.29, 0.717) is 0 Å². The Labute approximate surface area is 144 Å². The summed E-state index contributed by atoms with van der Waals surface area (Å²) in [5, 5.41) is 14.2. The number of carbonyl (C=O) groups is 4. The van der Waals surface area contributed by atoms with Gasteiger partial charge in [0.05, 0.1) is 6.04 Å². The maximum Gasteiger partial charge on any atom is 0.263 e. The zero-order valence-electron chi connectivity index (χ0n) is 13.0. The second kappa shape index (κ2) is 8.92. The molecule has 4 amide bonds. The van der Waals surface area contributed by atoms with Gasteiger partial charge in [-0.05, 0) is 25.8 Å². The Morgan fingerprint density at radius 3 is 2.67 bits per heavy atom. The molecule has 6 N–H and O–H groups in total. The minimum atomic E-state index is -0.904. The largest absolute Gasteiger partial charge is 0.343 e. The van der Waals surface area contributed by atoms with Crippen LogP contribution in [0.1, 0.15) is 25.7 Å². The lowest BCUT2D eigenvalue weighted by Gasteiger charge is -2.31. The molecule has 0 bridgehead atoms. The van der Waals surface area contributed by atoms with Gasteiger partial charge in [-0.2, -0.15) is 0 Å². The highest BCUT2D eigenvalue weighted by Crippen LogP contribution is 2.14. The molecule has 0 saturated carbocycles. The molecule has 10 nitrogen and oxygen atoms in total. The van der Waals surface area contributed by atoms with E-state index in [9.17, 15) is 19.2 Å². The van der Waals surface area contributed by atoms with Crippen LogP contribution in [0, 0.1) is 0 Å². The predicted molar refractivity (Wildman–Crippen MR) is 84.1 cm³/mol. The number of nitrogens with two attached hydrogens (primary N) is 1. The number of hydroxylamine groups is 1. The Kier molecular flexibility index (Phi) is 7.55. The van der Waals surface area contributed by atoms with Crippen LogP contribution in [0.3, 0.4) is 0 Å². The summed E-state index contributed by atoms with van der Waals surface area (Å²) in [5.41, 5.74) is 7.25. The van der Waals surface area contributed by atoms with Crippen molar-refractivity contribution in [1.82, 2.24) is 21.0 Å². The summed E-state index contributed by atoms with van der Waals surface area (Å²) < 4.78 is 0. The van der Waals surface area contributed by atoms with Crippen molar-refractivity contribution in [3.8, 4) is 0 Å². The first-order chi connectivity index (χ1) is 10.9. The molecule has 0 spiro atoms. The fraction of sp³-hybridized carbons (Fsp3) is 0.692. The van der Waals surface area contributed by atoms with Gasteiger partial charge in [0, 0.05) is 12.5 Å². The number of imide groups is 1. The first-order valence-electron chi connectivity index (χ1n) is 7.50. The van der Waals surface area contributed by atoms with Gasteiger partial charge in [0.2, 0.25) is 11.8 Å². The molecule has 2 fully saturated rings. The molecule has 0 aromatic carbocycles.